The number of aromatic nitrogens is 4. The molecule has 0 fully saturated rings. The van der Waals surface area contributed by atoms with Crippen LogP contribution in [-0.4, -0.2) is 19.6 Å². The summed E-state index contributed by atoms with van der Waals surface area (Å²) in [5.74, 6) is 0.489. The molecule has 0 atom stereocenters. The lowest BCUT2D eigenvalue weighted by atomic mass is 10.1. The van der Waals surface area contributed by atoms with E-state index in [2.05, 4.69) is 21.3 Å². The summed E-state index contributed by atoms with van der Waals surface area (Å²) in [6.45, 7) is 0. The summed E-state index contributed by atoms with van der Waals surface area (Å²) in [6.07, 6.45) is 3.21. The van der Waals surface area contributed by atoms with E-state index < -0.39 is 0 Å². The summed E-state index contributed by atoms with van der Waals surface area (Å²) in [6, 6.07) is 11.7. The molecule has 3 rings (SSSR count). The lowest BCUT2D eigenvalue weighted by molar-refractivity contribution is 1.10. The van der Waals surface area contributed by atoms with Crippen molar-refractivity contribution in [3.8, 4) is 17.3 Å². The molecule has 0 aliphatic heterocycles. The molecule has 2 heterocycles. The van der Waals surface area contributed by atoms with Crippen LogP contribution in [0, 0.1) is 11.3 Å². The smallest absolute Gasteiger partial charge is 0.255 e. The van der Waals surface area contributed by atoms with Gasteiger partial charge in [0.1, 0.15) is 12.4 Å². The summed E-state index contributed by atoms with van der Waals surface area (Å²) in [7, 11) is 0. The second kappa shape index (κ2) is 3.68. The summed E-state index contributed by atoms with van der Waals surface area (Å²) < 4.78 is 1.63. The second-order valence-electron chi connectivity index (χ2n) is 3.52. The monoisotopic (exact) mass is 221 g/mol. The number of nitriles is 1. The van der Waals surface area contributed by atoms with E-state index in [0.29, 0.717) is 17.0 Å². The van der Waals surface area contributed by atoms with Gasteiger partial charge in [-0.2, -0.15) is 5.26 Å². The molecule has 0 saturated heterocycles. The Hall–Kier alpha value is -2.74. The van der Waals surface area contributed by atoms with Crippen LogP contribution in [0.1, 0.15) is 5.56 Å². The molecule has 17 heavy (non-hydrogen) atoms. The van der Waals surface area contributed by atoms with Crippen molar-refractivity contribution in [3.63, 3.8) is 0 Å². The van der Waals surface area contributed by atoms with Crippen LogP contribution in [0.2, 0.25) is 0 Å². The summed E-state index contributed by atoms with van der Waals surface area (Å²) in [4.78, 5) is 4.34. The van der Waals surface area contributed by atoms with Gasteiger partial charge in [0.2, 0.25) is 0 Å². The summed E-state index contributed by atoms with van der Waals surface area (Å²) in [5, 5.41) is 16.8. The maximum absolute atomic E-state index is 9.13. The Morgan fingerprint density at radius 1 is 1.18 bits per heavy atom. The van der Waals surface area contributed by atoms with Crippen LogP contribution in [0.25, 0.3) is 17.0 Å². The fourth-order valence-corrected chi connectivity index (χ4v) is 1.67. The van der Waals surface area contributed by atoms with Crippen LogP contribution in [0.15, 0.2) is 42.9 Å². The predicted molar refractivity (Wildman–Crippen MR) is 60.9 cm³/mol. The molecule has 0 unspecified atom stereocenters. The third kappa shape index (κ3) is 1.52. The Morgan fingerprint density at radius 3 is 2.76 bits per heavy atom. The van der Waals surface area contributed by atoms with Gasteiger partial charge in [-0.25, -0.2) is 4.98 Å². The molecule has 1 aromatic carbocycles. The lowest BCUT2D eigenvalue weighted by Crippen LogP contribution is -1.95. The highest BCUT2D eigenvalue weighted by molar-refractivity contribution is 5.67. The molecule has 0 N–H and O–H groups in total. The molecule has 80 valence electrons. The van der Waals surface area contributed by atoms with Gasteiger partial charge in [0, 0.05) is 11.8 Å². The Labute approximate surface area is 97.0 Å². The largest absolute Gasteiger partial charge is 0.272 e. The number of rotatable bonds is 1. The SMILES string of the molecule is N#Cc1cn2cnnc2nc1-c1ccccc1. The molecular weight excluding hydrogens is 214 g/mol. The van der Waals surface area contributed by atoms with Gasteiger partial charge in [-0.3, -0.25) is 4.40 Å². The Bertz CT molecular complexity index is 709. The van der Waals surface area contributed by atoms with Crippen molar-refractivity contribution in [1.29, 1.82) is 5.26 Å². The Balaban J connectivity index is 2.31. The Morgan fingerprint density at radius 2 is 2.00 bits per heavy atom. The first kappa shape index (κ1) is 9.48. The zero-order chi connectivity index (χ0) is 11.7. The van der Waals surface area contributed by atoms with Crippen LogP contribution >= 0.6 is 0 Å². The van der Waals surface area contributed by atoms with Gasteiger partial charge in [0.15, 0.2) is 0 Å². The lowest BCUT2D eigenvalue weighted by Gasteiger charge is -2.03. The fourth-order valence-electron chi connectivity index (χ4n) is 1.67. The molecule has 0 bridgehead atoms. The minimum Gasteiger partial charge on any atom is -0.272 e. The number of fused-ring (bicyclic) bond motifs is 1. The highest BCUT2D eigenvalue weighted by Crippen LogP contribution is 2.20. The van der Waals surface area contributed by atoms with Crippen LogP contribution in [-0.2, 0) is 0 Å². The number of benzene rings is 1. The first-order valence-electron chi connectivity index (χ1n) is 5.04. The first-order valence-corrected chi connectivity index (χ1v) is 5.04. The number of nitrogens with zero attached hydrogens (tertiary/aromatic N) is 5. The summed E-state index contributed by atoms with van der Waals surface area (Å²) >= 11 is 0. The second-order valence-corrected chi connectivity index (χ2v) is 3.52. The molecule has 0 aliphatic rings. The maximum Gasteiger partial charge on any atom is 0.255 e. The van der Waals surface area contributed by atoms with Crippen LogP contribution < -0.4 is 0 Å². The topological polar surface area (TPSA) is 66.9 Å². The molecule has 5 nitrogen and oxygen atoms in total. The highest BCUT2D eigenvalue weighted by Gasteiger charge is 2.09. The van der Waals surface area contributed by atoms with Crippen molar-refractivity contribution in [3.05, 3.63) is 48.4 Å². The van der Waals surface area contributed by atoms with Crippen LogP contribution in [0.3, 0.4) is 0 Å². The highest BCUT2D eigenvalue weighted by atomic mass is 15.3. The van der Waals surface area contributed by atoms with Crippen LogP contribution in [0.5, 0.6) is 0 Å². The van der Waals surface area contributed by atoms with Gasteiger partial charge in [0.25, 0.3) is 5.78 Å². The quantitative estimate of drug-likeness (QED) is 0.626. The van der Waals surface area contributed by atoms with Gasteiger partial charge < -0.3 is 0 Å². The van der Waals surface area contributed by atoms with Crippen molar-refractivity contribution >= 4 is 5.78 Å². The number of hydrogen-bond donors (Lipinski definition) is 0. The van der Waals surface area contributed by atoms with E-state index in [-0.39, 0.29) is 0 Å². The van der Waals surface area contributed by atoms with Gasteiger partial charge in [-0.15, -0.1) is 10.2 Å². The van der Waals surface area contributed by atoms with Gasteiger partial charge in [-0.1, -0.05) is 30.3 Å². The zero-order valence-corrected chi connectivity index (χ0v) is 8.78. The van der Waals surface area contributed by atoms with E-state index in [0.717, 1.165) is 5.56 Å². The van der Waals surface area contributed by atoms with E-state index in [9.17, 15) is 0 Å². The predicted octanol–water partition coefficient (Wildman–Crippen LogP) is 1.66. The molecule has 0 spiro atoms. The first-order chi connectivity index (χ1) is 8.38. The minimum atomic E-state index is 0.489. The van der Waals surface area contributed by atoms with E-state index in [4.69, 9.17) is 5.26 Å². The summed E-state index contributed by atoms with van der Waals surface area (Å²) in [5.41, 5.74) is 2.03. The average molecular weight is 221 g/mol. The van der Waals surface area contributed by atoms with Crippen molar-refractivity contribution in [2.24, 2.45) is 0 Å². The van der Waals surface area contributed by atoms with E-state index in [1.165, 1.54) is 6.33 Å². The molecule has 0 aliphatic carbocycles. The fraction of sp³-hybridized carbons (Fsp3) is 0. The van der Waals surface area contributed by atoms with Gasteiger partial charge >= 0.3 is 0 Å². The van der Waals surface area contributed by atoms with E-state index in [1.807, 2.05) is 30.3 Å². The molecule has 0 radical (unpaired) electrons. The van der Waals surface area contributed by atoms with Crippen molar-refractivity contribution < 1.29 is 0 Å². The third-order valence-corrected chi connectivity index (χ3v) is 2.46. The van der Waals surface area contributed by atoms with Gasteiger partial charge in [0.05, 0.1) is 11.3 Å². The van der Waals surface area contributed by atoms with Gasteiger partial charge in [-0.05, 0) is 0 Å². The molecule has 0 saturated carbocycles. The van der Waals surface area contributed by atoms with E-state index >= 15 is 0 Å². The standard InChI is InChI=1S/C12H7N5/c13-6-10-7-17-8-14-16-12(17)15-11(10)9-4-2-1-3-5-9/h1-5,7-8H. The molecular formula is C12H7N5. The third-order valence-electron chi connectivity index (χ3n) is 2.46. The minimum absolute atomic E-state index is 0.489. The molecule has 2 aromatic heterocycles. The normalized spacial score (nSPS) is 10.3. The Kier molecular flexibility index (Phi) is 2.06. The van der Waals surface area contributed by atoms with Crippen molar-refractivity contribution in [2.75, 3.05) is 0 Å². The maximum atomic E-state index is 9.13. The number of hydrogen-bond acceptors (Lipinski definition) is 4. The average Bonchev–Trinajstić information content (AvgIpc) is 2.85. The van der Waals surface area contributed by atoms with Crippen LogP contribution in [0.4, 0.5) is 0 Å². The zero-order valence-electron chi connectivity index (χ0n) is 8.78. The van der Waals surface area contributed by atoms with E-state index in [1.54, 1.807) is 10.6 Å². The van der Waals surface area contributed by atoms with Crippen molar-refractivity contribution in [2.45, 2.75) is 0 Å². The molecule has 5 heteroatoms. The van der Waals surface area contributed by atoms with Crippen molar-refractivity contribution in [1.82, 2.24) is 19.6 Å². The molecule has 3 aromatic rings. The molecule has 0 amide bonds.